The molecule has 3 aromatic rings. The Morgan fingerprint density at radius 1 is 1.11 bits per heavy atom. The van der Waals surface area contributed by atoms with Crippen LogP contribution in [0.4, 0.5) is 5.69 Å². The lowest BCUT2D eigenvalue weighted by Gasteiger charge is -2.41. The first-order valence-corrected chi connectivity index (χ1v) is 13.5. The number of ether oxygens (including phenoxy) is 2. The van der Waals surface area contributed by atoms with Crippen LogP contribution >= 0.6 is 11.8 Å². The van der Waals surface area contributed by atoms with Crippen molar-refractivity contribution in [1.82, 2.24) is 9.55 Å². The number of aliphatic hydroxyl groups excluding tert-OH is 1. The van der Waals surface area contributed by atoms with Crippen LogP contribution in [0.25, 0.3) is 0 Å². The molecule has 2 aromatic carbocycles. The Labute approximate surface area is 226 Å². The van der Waals surface area contributed by atoms with E-state index in [-0.39, 0.29) is 49.9 Å². The number of aliphatic hydroxyl groups is 1. The lowest BCUT2D eigenvalue weighted by Crippen LogP contribution is -2.38. The Kier molecular flexibility index (Phi) is 9.57. The Hall–Kier alpha value is -3.18. The summed E-state index contributed by atoms with van der Waals surface area (Å²) in [6.45, 7) is 2.09. The second-order valence-electron chi connectivity index (χ2n) is 9.37. The molecule has 1 fully saturated rings. The molecule has 1 aromatic heterocycles. The summed E-state index contributed by atoms with van der Waals surface area (Å²) in [6.07, 6.45) is 2.98. The van der Waals surface area contributed by atoms with Gasteiger partial charge in [-0.2, -0.15) is 0 Å². The highest BCUT2D eigenvalue weighted by Gasteiger charge is 2.38. The zero-order valence-electron chi connectivity index (χ0n) is 21.4. The van der Waals surface area contributed by atoms with Crippen molar-refractivity contribution >= 4 is 29.3 Å². The van der Waals surface area contributed by atoms with E-state index in [1.54, 1.807) is 24.0 Å². The molecule has 1 saturated heterocycles. The van der Waals surface area contributed by atoms with Crippen LogP contribution in [0.5, 0.6) is 0 Å². The number of anilines is 1. The van der Waals surface area contributed by atoms with Crippen molar-refractivity contribution in [3.8, 4) is 0 Å². The van der Waals surface area contributed by atoms with Gasteiger partial charge >= 0.3 is 5.97 Å². The van der Waals surface area contributed by atoms with Gasteiger partial charge in [-0.15, -0.1) is 0 Å². The number of nitrogens with one attached hydrogen (secondary N) is 1. The van der Waals surface area contributed by atoms with Crippen LogP contribution in [-0.4, -0.2) is 43.5 Å². The summed E-state index contributed by atoms with van der Waals surface area (Å²) in [5.74, 6) is -0.446. The average Bonchev–Trinajstić information content (AvgIpc) is 3.32. The molecular weight excluding hydrogens is 506 g/mol. The van der Waals surface area contributed by atoms with Crippen molar-refractivity contribution in [3.05, 3.63) is 77.6 Å². The zero-order valence-corrected chi connectivity index (χ0v) is 22.3. The fraction of sp³-hybridized carbons (Fsp3) is 0.393. The van der Waals surface area contributed by atoms with Gasteiger partial charge in [0.2, 0.25) is 5.91 Å². The predicted molar refractivity (Wildman–Crippen MR) is 143 cm³/mol. The number of aromatic nitrogens is 2. The third kappa shape index (κ3) is 7.22. The van der Waals surface area contributed by atoms with Gasteiger partial charge in [0.1, 0.15) is 0 Å². The number of rotatable bonds is 11. The Morgan fingerprint density at radius 2 is 1.89 bits per heavy atom. The molecule has 0 aliphatic carbocycles. The molecule has 10 heteroatoms. The van der Waals surface area contributed by atoms with E-state index < -0.39 is 12.3 Å². The summed E-state index contributed by atoms with van der Waals surface area (Å²) in [7, 11) is 1.96. The van der Waals surface area contributed by atoms with Crippen LogP contribution in [0.3, 0.4) is 0 Å². The molecule has 38 heavy (non-hydrogen) atoms. The van der Waals surface area contributed by atoms with Gasteiger partial charge in [-0.05, 0) is 29.7 Å². The lowest BCUT2D eigenvalue weighted by molar-refractivity contribution is -0.268. The Bertz CT molecular complexity index is 1230. The first kappa shape index (κ1) is 27.8. The third-order valence-electron chi connectivity index (χ3n) is 6.51. The number of imidazole rings is 1. The molecular formula is C28H33N3O6S. The summed E-state index contributed by atoms with van der Waals surface area (Å²) < 4.78 is 14.9. The van der Waals surface area contributed by atoms with E-state index in [2.05, 4.69) is 17.2 Å². The Morgan fingerprint density at radius 3 is 2.58 bits per heavy atom. The highest BCUT2D eigenvalue weighted by molar-refractivity contribution is 7.99. The summed E-state index contributed by atoms with van der Waals surface area (Å²) in [5, 5.41) is 22.0. The Balaban J connectivity index is 1.52. The monoisotopic (exact) mass is 539 g/mol. The van der Waals surface area contributed by atoms with E-state index in [1.807, 2.05) is 60.3 Å². The second-order valence-corrected chi connectivity index (χ2v) is 10.4. The number of carboxylic acids is 1. The fourth-order valence-corrected chi connectivity index (χ4v) is 5.44. The van der Waals surface area contributed by atoms with Crippen molar-refractivity contribution < 1.29 is 29.3 Å². The molecule has 202 valence electrons. The van der Waals surface area contributed by atoms with Gasteiger partial charge in [0, 0.05) is 55.2 Å². The highest BCUT2D eigenvalue weighted by atomic mass is 32.2. The number of carboxylic acid groups (broad SMARTS) is 1. The van der Waals surface area contributed by atoms with Gasteiger partial charge in [-0.3, -0.25) is 9.59 Å². The maximum absolute atomic E-state index is 12.3. The average molecular weight is 540 g/mol. The number of benzene rings is 2. The quantitative estimate of drug-likeness (QED) is 0.300. The molecule has 2 heterocycles. The van der Waals surface area contributed by atoms with Gasteiger partial charge in [-0.1, -0.05) is 55.1 Å². The molecule has 0 radical (unpaired) electrons. The van der Waals surface area contributed by atoms with Crippen LogP contribution in [0.15, 0.2) is 66.1 Å². The molecule has 0 spiro atoms. The van der Waals surface area contributed by atoms with Gasteiger partial charge < -0.3 is 29.6 Å². The third-order valence-corrected chi connectivity index (χ3v) is 7.66. The standard InChI is InChI=1S/C28H33N3O6S/c1-18-23(17-38-28-29-13-14-31(28)2)36-27(37-26(18)20-11-9-19(16-32)10-12-20)21-5-3-6-22(15-21)30-24(33)7-4-8-25(34)35/h3,5-6,9-15,18,23,26-27,32H,4,7-8,16-17H2,1-2H3,(H,30,33)(H,34,35)/t18-,23+,26+,27+/m1/s1. The van der Waals surface area contributed by atoms with Crippen LogP contribution in [0, 0.1) is 5.92 Å². The van der Waals surface area contributed by atoms with Crippen LogP contribution in [0.1, 0.15) is 55.3 Å². The highest BCUT2D eigenvalue weighted by Crippen LogP contribution is 2.43. The molecule has 0 bridgehead atoms. The van der Waals surface area contributed by atoms with Gasteiger partial charge in [-0.25, -0.2) is 4.98 Å². The lowest BCUT2D eigenvalue weighted by atomic mass is 9.91. The smallest absolute Gasteiger partial charge is 0.303 e. The summed E-state index contributed by atoms with van der Waals surface area (Å²) in [5.41, 5.74) is 3.19. The molecule has 3 N–H and O–H groups in total. The molecule has 1 aliphatic heterocycles. The normalized spacial score (nSPS) is 21.2. The summed E-state index contributed by atoms with van der Waals surface area (Å²) in [4.78, 5) is 27.4. The van der Waals surface area contributed by atoms with Crippen LogP contribution < -0.4 is 5.32 Å². The summed E-state index contributed by atoms with van der Waals surface area (Å²) in [6, 6.07) is 15.1. The van der Waals surface area contributed by atoms with Crippen LogP contribution in [-0.2, 0) is 32.7 Å². The fourth-order valence-electron chi connectivity index (χ4n) is 4.34. The van der Waals surface area contributed by atoms with E-state index in [0.717, 1.165) is 21.8 Å². The van der Waals surface area contributed by atoms with Crippen LogP contribution in [0.2, 0.25) is 0 Å². The molecule has 4 rings (SSSR count). The number of carbonyl (C=O) groups is 2. The minimum atomic E-state index is -0.920. The van der Waals surface area contributed by atoms with E-state index in [4.69, 9.17) is 14.6 Å². The SMILES string of the molecule is C[C@@H]1[C@H](CSc2nccn2C)O[C@H](c2cccc(NC(=O)CCCC(=O)O)c2)O[C@@H]1c1ccc(CO)cc1. The number of amides is 1. The zero-order chi connectivity index (χ0) is 27.1. The van der Waals surface area contributed by atoms with E-state index in [1.165, 1.54) is 0 Å². The molecule has 4 atom stereocenters. The first-order valence-electron chi connectivity index (χ1n) is 12.6. The number of carbonyl (C=O) groups excluding carboxylic acids is 1. The van der Waals surface area contributed by atoms with Crippen molar-refractivity contribution in [2.45, 2.75) is 56.4 Å². The van der Waals surface area contributed by atoms with Crippen molar-refractivity contribution in [3.63, 3.8) is 0 Å². The number of aryl methyl sites for hydroxylation is 1. The minimum Gasteiger partial charge on any atom is -0.481 e. The molecule has 1 aliphatic rings. The van der Waals surface area contributed by atoms with Crippen molar-refractivity contribution in [2.75, 3.05) is 11.1 Å². The molecule has 9 nitrogen and oxygen atoms in total. The van der Waals surface area contributed by atoms with E-state index >= 15 is 0 Å². The predicted octanol–water partition coefficient (Wildman–Crippen LogP) is 4.69. The minimum absolute atomic E-state index is 0.0230. The molecule has 0 unspecified atom stereocenters. The van der Waals surface area contributed by atoms with Crippen molar-refractivity contribution in [2.24, 2.45) is 13.0 Å². The maximum atomic E-state index is 12.3. The van der Waals surface area contributed by atoms with Crippen molar-refractivity contribution in [1.29, 1.82) is 0 Å². The topological polar surface area (TPSA) is 123 Å². The number of thioether (sulfide) groups is 1. The van der Waals surface area contributed by atoms with Gasteiger partial charge in [0.25, 0.3) is 0 Å². The number of aliphatic carboxylic acids is 1. The van der Waals surface area contributed by atoms with E-state index in [0.29, 0.717) is 11.4 Å². The molecule has 1 amide bonds. The van der Waals surface area contributed by atoms with Gasteiger partial charge in [0.15, 0.2) is 11.4 Å². The van der Waals surface area contributed by atoms with E-state index in [9.17, 15) is 14.7 Å². The summed E-state index contributed by atoms with van der Waals surface area (Å²) >= 11 is 1.63. The largest absolute Gasteiger partial charge is 0.481 e. The molecule has 0 saturated carbocycles. The number of hydrogen-bond acceptors (Lipinski definition) is 7. The second kappa shape index (κ2) is 13.1. The maximum Gasteiger partial charge on any atom is 0.303 e. The number of hydrogen-bond donors (Lipinski definition) is 3. The number of nitrogens with zero attached hydrogens (tertiary/aromatic N) is 2. The first-order chi connectivity index (χ1) is 18.3. The van der Waals surface area contributed by atoms with Gasteiger partial charge in [0.05, 0.1) is 18.8 Å².